The standard InChI is InChI=1S/C12H10ClF3O/c13-7-4-5-8(9-2-1-3-11(9)17)10(6-7)12(14,15)16/h4-6,9H,1-3H2. The first-order chi connectivity index (χ1) is 7.89. The Morgan fingerprint density at radius 1 is 1.29 bits per heavy atom. The van der Waals surface area contributed by atoms with E-state index in [1.807, 2.05) is 0 Å². The zero-order chi connectivity index (χ0) is 12.6. The number of hydrogen-bond donors (Lipinski definition) is 0. The van der Waals surface area contributed by atoms with Gasteiger partial charge in [-0.3, -0.25) is 4.79 Å². The molecule has 1 aromatic carbocycles. The number of hydrogen-bond acceptors (Lipinski definition) is 1. The van der Waals surface area contributed by atoms with Crippen LogP contribution in [0.15, 0.2) is 18.2 Å². The predicted octanol–water partition coefficient (Wildman–Crippen LogP) is 4.20. The summed E-state index contributed by atoms with van der Waals surface area (Å²) in [5.41, 5.74) is -0.727. The number of rotatable bonds is 1. The van der Waals surface area contributed by atoms with E-state index in [1.165, 1.54) is 12.1 Å². The fraction of sp³-hybridized carbons (Fsp3) is 0.417. The lowest BCUT2D eigenvalue weighted by molar-refractivity contribution is -0.138. The molecule has 1 aliphatic carbocycles. The highest BCUT2D eigenvalue weighted by atomic mass is 35.5. The van der Waals surface area contributed by atoms with Gasteiger partial charge in [0.05, 0.1) is 5.56 Å². The number of ketones is 1. The molecule has 1 saturated carbocycles. The summed E-state index contributed by atoms with van der Waals surface area (Å²) < 4.78 is 38.5. The smallest absolute Gasteiger partial charge is 0.299 e. The van der Waals surface area contributed by atoms with E-state index in [-0.39, 0.29) is 16.4 Å². The van der Waals surface area contributed by atoms with E-state index in [0.29, 0.717) is 19.3 Å². The summed E-state index contributed by atoms with van der Waals surface area (Å²) in [6, 6.07) is 3.61. The van der Waals surface area contributed by atoms with Crippen LogP contribution in [0.1, 0.15) is 36.3 Å². The highest BCUT2D eigenvalue weighted by Gasteiger charge is 2.38. The summed E-state index contributed by atoms with van der Waals surface area (Å²) in [4.78, 5) is 11.5. The van der Waals surface area contributed by atoms with Gasteiger partial charge in [0.15, 0.2) is 0 Å². The van der Waals surface area contributed by atoms with Crippen LogP contribution in [0.3, 0.4) is 0 Å². The minimum absolute atomic E-state index is 0.0338. The van der Waals surface area contributed by atoms with Gasteiger partial charge >= 0.3 is 6.18 Å². The number of carbonyl (C=O) groups is 1. The third-order valence-electron chi connectivity index (χ3n) is 3.00. The average molecular weight is 263 g/mol. The lowest BCUT2D eigenvalue weighted by Gasteiger charge is -2.16. The van der Waals surface area contributed by atoms with Crippen LogP contribution < -0.4 is 0 Å². The van der Waals surface area contributed by atoms with Gasteiger partial charge in [0, 0.05) is 17.4 Å². The topological polar surface area (TPSA) is 17.1 Å². The first-order valence-corrected chi connectivity index (χ1v) is 5.67. The Morgan fingerprint density at radius 2 is 2.00 bits per heavy atom. The van der Waals surface area contributed by atoms with Gasteiger partial charge in [-0.2, -0.15) is 13.2 Å². The van der Waals surface area contributed by atoms with Crippen molar-refractivity contribution in [1.29, 1.82) is 0 Å². The minimum atomic E-state index is -4.47. The number of halogens is 4. The predicted molar refractivity (Wildman–Crippen MR) is 58.1 cm³/mol. The Labute approximate surface area is 102 Å². The van der Waals surface area contributed by atoms with Crippen molar-refractivity contribution in [3.8, 4) is 0 Å². The quantitative estimate of drug-likeness (QED) is 0.741. The van der Waals surface area contributed by atoms with Gasteiger partial charge in [-0.15, -0.1) is 0 Å². The fourth-order valence-electron chi connectivity index (χ4n) is 2.22. The van der Waals surface area contributed by atoms with Crippen LogP contribution in [-0.2, 0) is 11.0 Å². The molecule has 17 heavy (non-hydrogen) atoms. The molecule has 5 heteroatoms. The number of benzene rings is 1. The van der Waals surface area contributed by atoms with E-state index >= 15 is 0 Å². The Hall–Kier alpha value is -1.03. The molecule has 0 radical (unpaired) electrons. The van der Waals surface area contributed by atoms with Gasteiger partial charge in [-0.1, -0.05) is 17.7 Å². The summed E-state index contributed by atoms with van der Waals surface area (Å²) in [5, 5.41) is 0.0338. The Kier molecular flexibility index (Phi) is 3.17. The molecule has 1 atom stereocenters. The van der Waals surface area contributed by atoms with Crippen LogP contribution in [0.5, 0.6) is 0 Å². The molecule has 0 aliphatic heterocycles. The molecule has 1 aromatic rings. The Bertz CT molecular complexity index is 454. The molecule has 0 aromatic heterocycles. The van der Waals surface area contributed by atoms with Crippen LogP contribution >= 0.6 is 11.6 Å². The lowest BCUT2D eigenvalue weighted by atomic mass is 9.92. The van der Waals surface area contributed by atoms with Gasteiger partial charge in [-0.25, -0.2) is 0 Å². The van der Waals surface area contributed by atoms with E-state index in [4.69, 9.17) is 11.6 Å². The molecule has 0 N–H and O–H groups in total. The second-order valence-corrected chi connectivity index (χ2v) is 4.58. The van der Waals surface area contributed by atoms with Crippen LogP contribution in [0.25, 0.3) is 0 Å². The van der Waals surface area contributed by atoms with Crippen molar-refractivity contribution in [2.24, 2.45) is 0 Å². The first-order valence-electron chi connectivity index (χ1n) is 5.29. The molecular formula is C12H10ClF3O. The molecule has 0 bridgehead atoms. The van der Waals surface area contributed by atoms with Crippen LogP contribution in [0, 0.1) is 0 Å². The monoisotopic (exact) mass is 262 g/mol. The highest BCUT2D eigenvalue weighted by molar-refractivity contribution is 6.30. The Morgan fingerprint density at radius 3 is 2.53 bits per heavy atom. The minimum Gasteiger partial charge on any atom is -0.299 e. The van der Waals surface area contributed by atoms with E-state index in [9.17, 15) is 18.0 Å². The van der Waals surface area contributed by atoms with Crippen molar-refractivity contribution in [3.63, 3.8) is 0 Å². The van der Waals surface area contributed by atoms with Gasteiger partial charge in [-0.05, 0) is 30.5 Å². The number of carbonyl (C=O) groups excluding carboxylic acids is 1. The Balaban J connectivity index is 2.50. The molecule has 0 amide bonds. The summed E-state index contributed by atoms with van der Waals surface area (Å²) in [5.74, 6) is -0.735. The van der Waals surface area contributed by atoms with Gasteiger partial charge in [0.1, 0.15) is 5.78 Å². The zero-order valence-corrected chi connectivity index (χ0v) is 9.61. The van der Waals surface area contributed by atoms with Crippen molar-refractivity contribution < 1.29 is 18.0 Å². The highest BCUT2D eigenvalue weighted by Crippen LogP contribution is 2.40. The molecule has 0 saturated heterocycles. The molecule has 1 unspecified atom stereocenters. The molecule has 1 fully saturated rings. The van der Waals surface area contributed by atoms with Gasteiger partial charge < -0.3 is 0 Å². The zero-order valence-electron chi connectivity index (χ0n) is 8.85. The second kappa shape index (κ2) is 4.33. The van der Waals surface area contributed by atoms with Crippen molar-refractivity contribution in [2.45, 2.75) is 31.4 Å². The first kappa shape index (κ1) is 12.4. The van der Waals surface area contributed by atoms with Gasteiger partial charge in [0.25, 0.3) is 0 Å². The summed E-state index contributed by atoms with van der Waals surface area (Å²) >= 11 is 5.58. The fourth-order valence-corrected chi connectivity index (χ4v) is 2.39. The van der Waals surface area contributed by atoms with Crippen molar-refractivity contribution in [3.05, 3.63) is 34.3 Å². The maximum absolute atomic E-state index is 12.8. The molecule has 1 nitrogen and oxygen atoms in total. The SMILES string of the molecule is O=C1CCCC1c1ccc(Cl)cc1C(F)(F)F. The maximum Gasteiger partial charge on any atom is 0.416 e. The molecule has 0 spiro atoms. The molecular weight excluding hydrogens is 253 g/mol. The normalized spacial score (nSPS) is 20.9. The third-order valence-corrected chi connectivity index (χ3v) is 3.24. The molecule has 92 valence electrons. The van der Waals surface area contributed by atoms with Gasteiger partial charge in [0.2, 0.25) is 0 Å². The van der Waals surface area contributed by atoms with Crippen LogP contribution in [-0.4, -0.2) is 5.78 Å². The largest absolute Gasteiger partial charge is 0.416 e. The third kappa shape index (κ3) is 2.46. The van der Waals surface area contributed by atoms with E-state index in [1.54, 1.807) is 0 Å². The molecule has 1 aliphatic rings. The second-order valence-electron chi connectivity index (χ2n) is 4.14. The number of alkyl halides is 3. The van der Waals surface area contributed by atoms with Crippen LogP contribution in [0.4, 0.5) is 13.2 Å². The van der Waals surface area contributed by atoms with E-state index in [0.717, 1.165) is 6.07 Å². The lowest BCUT2D eigenvalue weighted by Crippen LogP contribution is -2.14. The summed E-state index contributed by atoms with van der Waals surface area (Å²) in [6.45, 7) is 0. The summed E-state index contributed by atoms with van der Waals surface area (Å²) in [7, 11) is 0. The molecule has 2 rings (SSSR count). The van der Waals surface area contributed by atoms with Crippen molar-refractivity contribution in [1.82, 2.24) is 0 Å². The van der Waals surface area contributed by atoms with Crippen LogP contribution in [0.2, 0.25) is 5.02 Å². The van der Waals surface area contributed by atoms with Crippen molar-refractivity contribution in [2.75, 3.05) is 0 Å². The van der Waals surface area contributed by atoms with Crippen molar-refractivity contribution >= 4 is 17.4 Å². The summed E-state index contributed by atoms with van der Waals surface area (Å²) in [6.07, 6.45) is -2.96. The van der Waals surface area contributed by atoms with E-state index in [2.05, 4.69) is 0 Å². The average Bonchev–Trinajstić information content (AvgIpc) is 2.63. The molecule has 0 heterocycles. The maximum atomic E-state index is 12.8. The van der Waals surface area contributed by atoms with E-state index < -0.39 is 17.7 Å². The number of Topliss-reactive ketones (excluding diaryl/α,β-unsaturated/α-hetero) is 1.